The Morgan fingerprint density at radius 2 is 1.83 bits per heavy atom. The topological polar surface area (TPSA) is 40.1 Å². The summed E-state index contributed by atoms with van der Waals surface area (Å²) >= 11 is 0. The van der Waals surface area contributed by atoms with E-state index < -0.39 is 12.7 Å². The van der Waals surface area contributed by atoms with Gasteiger partial charge in [0, 0.05) is 46.9 Å². The third-order valence-electron chi connectivity index (χ3n) is 4.01. The van der Waals surface area contributed by atoms with Crippen molar-refractivity contribution in [2.24, 2.45) is 10.9 Å². The predicted octanol–water partition coefficient (Wildman–Crippen LogP) is 2.42. The monoisotopic (exact) mass is 466 g/mol. The summed E-state index contributed by atoms with van der Waals surface area (Å²) in [6.07, 6.45) is -0.879. The van der Waals surface area contributed by atoms with Gasteiger partial charge in [-0.1, -0.05) is 0 Å². The first-order valence-corrected chi connectivity index (χ1v) is 8.06. The molecule has 0 bridgehead atoms. The standard InChI is InChI=1S/C15H29F3N4O.HI/c1-19-14(20-7-9-21(2)12-15(16,17)18)22(3)8-4-13-5-10-23-11-6-13;/h13H,4-12H2,1-3H3,(H,19,20);1H. The van der Waals surface area contributed by atoms with Crippen LogP contribution in [0.4, 0.5) is 13.2 Å². The van der Waals surface area contributed by atoms with Crippen molar-refractivity contribution < 1.29 is 17.9 Å². The van der Waals surface area contributed by atoms with Crippen LogP contribution in [0.2, 0.25) is 0 Å². The minimum Gasteiger partial charge on any atom is -0.381 e. The summed E-state index contributed by atoms with van der Waals surface area (Å²) in [6, 6.07) is 0. The zero-order valence-corrected chi connectivity index (χ0v) is 17.1. The second-order valence-corrected chi connectivity index (χ2v) is 6.09. The number of aliphatic imine (C=N–C) groups is 1. The molecule has 1 N–H and O–H groups in total. The lowest BCUT2D eigenvalue weighted by atomic mass is 9.96. The maximum absolute atomic E-state index is 12.3. The van der Waals surface area contributed by atoms with Gasteiger partial charge in [-0.3, -0.25) is 9.89 Å². The molecule has 1 aliphatic rings. The van der Waals surface area contributed by atoms with Gasteiger partial charge in [-0.25, -0.2) is 0 Å². The number of hydrogen-bond acceptors (Lipinski definition) is 3. The molecule has 9 heteroatoms. The predicted molar refractivity (Wildman–Crippen MR) is 101 cm³/mol. The number of likely N-dealkylation sites (N-methyl/N-ethyl adjacent to an activating group) is 1. The zero-order chi connectivity index (χ0) is 17.3. The van der Waals surface area contributed by atoms with Crippen LogP contribution in [0, 0.1) is 5.92 Å². The van der Waals surface area contributed by atoms with Crippen LogP contribution >= 0.6 is 24.0 Å². The van der Waals surface area contributed by atoms with Crippen molar-refractivity contribution in [3.63, 3.8) is 0 Å². The van der Waals surface area contributed by atoms with Crippen molar-refractivity contribution in [1.82, 2.24) is 15.1 Å². The van der Waals surface area contributed by atoms with Crippen molar-refractivity contribution >= 4 is 29.9 Å². The van der Waals surface area contributed by atoms with E-state index in [0.29, 0.717) is 19.0 Å². The van der Waals surface area contributed by atoms with Crippen molar-refractivity contribution in [2.75, 3.05) is 60.5 Å². The van der Waals surface area contributed by atoms with Crippen molar-refractivity contribution in [2.45, 2.75) is 25.4 Å². The second-order valence-electron chi connectivity index (χ2n) is 6.09. The molecule has 144 valence electrons. The Bertz CT molecular complexity index is 363. The summed E-state index contributed by atoms with van der Waals surface area (Å²) in [6.45, 7) is 2.41. The highest BCUT2D eigenvalue weighted by Crippen LogP contribution is 2.18. The van der Waals surface area contributed by atoms with Gasteiger partial charge in [0.05, 0.1) is 6.54 Å². The quantitative estimate of drug-likeness (QED) is 0.356. The number of nitrogens with one attached hydrogen (secondary N) is 1. The molecule has 0 saturated carbocycles. The molecule has 5 nitrogen and oxygen atoms in total. The summed E-state index contributed by atoms with van der Waals surface area (Å²) < 4.78 is 42.1. The largest absolute Gasteiger partial charge is 0.401 e. The van der Waals surface area contributed by atoms with Gasteiger partial charge in [0.2, 0.25) is 0 Å². The smallest absolute Gasteiger partial charge is 0.381 e. The molecule has 0 radical (unpaired) electrons. The van der Waals surface area contributed by atoms with E-state index in [2.05, 4.69) is 10.3 Å². The lowest BCUT2D eigenvalue weighted by Crippen LogP contribution is -2.43. The molecule has 1 rings (SSSR count). The average molecular weight is 466 g/mol. The van der Waals surface area contributed by atoms with E-state index in [1.807, 2.05) is 11.9 Å². The minimum atomic E-state index is -4.16. The van der Waals surface area contributed by atoms with E-state index in [1.165, 1.54) is 11.9 Å². The van der Waals surface area contributed by atoms with Gasteiger partial charge in [-0.05, 0) is 32.2 Å². The second kappa shape index (κ2) is 12.1. The van der Waals surface area contributed by atoms with Gasteiger partial charge in [0.15, 0.2) is 5.96 Å². The van der Waals surface area contributed by atoms with Crippen LogP contribution < -0.4 is 5.32 Å². The summed E-state index contributed by atoms with van der Waals surface area (Å²) in [4.78, 5) is 7.47. The van der Waals surface area contributed by atoms with E-state index in [1.54, 1.807) is 7.05 Å². The Balaban J connectivity index is 0.00000529. The molecule has 1 aliphatic heterocycles. The zero-order valence-electron chi connectivity index (χ0n) is 14.7. The van der Waals surface area contributed by atoms with Crippen LogP contribution in [0.15, 0.2) is 4.99 Å². The van der Waals surface area contributed by atoms with Crippen LogP contribution in [-0.2, 0) is 4.74 Å². The molecule has 0 spiro atoms. The fourth-order valence-electron chi connectivity index (χ4n) is 2.65. The third-order valence-corrected chi connectivity index (χ3v) is 4.01. The van der Waals surface area contributed by atoms with Crippen molar-refractivity contribution in [1.29, 1.82) is 0 Å². The molecule has 0 amide bonds. The Morgan fingerprint density at radius 3 is 2.38 bits per heavy atom. The normalized spacial score (nSPS) is 16.9. The molecule has 0 aromatic rings. The van der Waals surface area contributed by atoms with Gasteiger partial charge in [0.25, 0.3) is 0 Å². The molecule has 1 saturated heterocycles. The lowest BCUT2D eigenvalue weighted by Gasteiger charge is -2.27. The van der Waals surface area contributed by atoms with Crippen molar-refractivity contribution in [3.05, 3.63) is 0 Å². The first kappa shape index (κ1) is 23.7. The average Bonchev–Trinajstić information content (AvgIpc) is 2.48. The molecule has 24 heavy (non-hydrogen) atoms. The molecule has 1 heterocycles. The summed E-state index contributed by atoms with van der Waals surface area (Å²) in [5.74, 6) is 1.40. The summed E-state index contributed by atoms with van der Waals surface area (Å²) in [7, 11) is 5.10. The van der Waals surface area contributed by atoms with Crippen LogP contribution in [0.5, 0.6) is 0 Å². The number of hydrogen-bond donors (Lipinski definition) is 1. The van der Waals surface area contributed by atoms with Crippen LogP contribution in [0.25, 0.3) is 0 Å². The molecule has 1 fully saturated rings. The Morgan fingerprint density at radius 1 is 1.21 bits per heavy atom. The maximum atomic E-state index is 12.3. The molecule has 0 aliphatic carbocycles. The Labute approximate surface area is 160 Å². The van der Waals surface area contributed by atoms with Gasteiger partial charge in [-0.15, -0.1) is 24.0 Å². The van der Waals surface area contributed by atoms with Crippen LogP contribution in [-0.4, -0.2) is 82.5 Å². The van der Waals surface area contributed by atoms with Gasteiger partial charge in [-0.2, -0.15) is 13.2 Å². The number of halogens is 4. The van der Waals surface area contributed by atoms with Gasteiger partial charge < -0.3 is 15.0 Å². The first-order valence-electron chi connectivity index (χ1n) is 8.06. The SMILES string of the molecule is CN=C(NCCN(C)CC(F)(F)F)N(C)CCC1CCOCC1.I. The third kappa shape index (κ3) is 10.5. The molecule has 0 atom stereocenters. The van der Waals surface area contributed by atoms with E-state index in [-0.39, 0.29) is 24.0 Å². The minimum absolute atomic E-state index is 0. The molecular weight excluding hydrogens is 436 g/mol. The molecular formula is C15H30F3IN4O. The van der Waals surface area contributed by atoms with E-state index in [9.17, 15) is 13.2 Å². The number of nitrogens with zero attached hydrogens (tertiary/aromatic N) is 3. The first-order chi connectivity index (χ1) is 10.8. The van der Waals surface area contributed by atoms with Crippen LogP contribution in [0.3, 0.4) is 0 Å². The molecule has 0 aromatic heterocycles. The Hall–Kier alpha value is -0.290. The number of ether oxygens (including phenoxy) is 1. The fraction of sp³-hybridized carbons (Fsp3) is 0.933. The van der Waals surface area contributed by atoms with Crippen LogP contribution in [0.1, 0.15) is 19.3 Å². The van der Waals surface area contributed by atoms with E-state index in [4.69, 9.17) is 4.74 Å². The highest BCUT2D eigenvalue weighted by Gasteiger charge is 2.28. The summed E-state index contributed by atoms with van der Waals surface area (Å²) in [5, 5.41) is 3.12. The van der Waals surface area contributed by atoms with E-state index in [0.717, 1.165) is 45.0 Å². The fourth-order valence-corrected chi connectivity index (χ4v) is 2.65. The highest BCUT2D eigenvalue weighted by atomic mass is 127. The number of alkyl halides is 3. The van der Waals surface area contributed by atoms with Gasteiger partial charge in [0.1, 0.15) is 0 Å². The Kier molecular flexibility index (Phi) is 12.0. The van der Waals surface area contributed by atoms with Gasteiger partial charge >= 0.3 is 6.18 Å². The highest BCUT2D eigenvalue weighted by molar-refractivity contribution is 14.0. The lowest BCUT2D eigenvalue weighted by molar-refractivity contribution is -0.142. The maximum Gasteiger partial charge on any atom is 0.401 e. The summed E-state index contributed by atoms with van der Waals surface area (Å²) in [5.41, 5.74) is 0. The number of guanidine groups is 1. The molecule has 0 aromatic carbocycles. The van der Waals surface area contributed by atoms with Crippen molar-refractivity contribution in [3.8, 4) is 0 Å². The number of rotatable bonds is 7. The molecule has 0 unspecified atom stereocenters. The van der Waals surface area contributed by atoms with E-state index >= 15 is 0 Å².